The van der Waals surface area contributed by atoms with Crippen LogP contribution in [0.25, 0.3) is 0 Å². The summed E-state index contributed by atoms with van der Waals surface area (Å²) in [5.74, 6) is -0.390. The number of alkyl carbamates (subject to hydrolysis) is 1. The van der Waals surface area contributed by atoms with Gasteiger partial charge in [-0.1, -0.05) is 34.1 Å². The normalized spacial score (nSPS) is 34.2. The topological polar surface area (TPSA) is 154 Å². The third kappa shape index (κ3) is 5.53. The van der Waals surface area contributed by atoms with Gasteiger partial charge in [0.05, 0.1) is 0 Å². The first-order valence-corrected chi connectivity index (χ1v) is 14.0. The number of fused-ring (bicyclic) bond motifs is 1. The van der Waals surface area contributed by atoms with Crippen LogP contribution >= 0.6 is 0 Å². The van der Waals surface area contributed by atoms with Crippen LogP contribution in [0.1, 0.15) is 72.6 Å². The number of likely N-dealkylation sites (tertiary alicyclic amines) is 1. The number of amides is 4. The van der Waals surface area contributed by atoms with Crippen LogP contribution in [-0.4, -0.2) is 67.7 Å². The molecule has 3 aliphatic carbocycles. The van der Waals surface area contributed by atoms with E-state index in [-0.39, 0.29) is 17.9 Å². The van der Waals surface area contributed by atoms with Crippen LogP contribution < -0.4 is 15.4 Å². The van der Waals surface area contributed by atoms with Crippen LogP contribution in [-0.2, 0) is 30.4 Å². The van der Waals surface area contributed by atoms with Crippen molar-refractivity contribution in [2.24, 2.45) is 23.2 Å². The number of nitrogens with one attached hydrogen (secondary N) is 3. The van der Waals surface area contributed by atoms with E-state index in [4.69, 9.17) is 9.29 Å². The number of hydrogen-bond donors (Lipinski definition) is 4. The lowest BCUT2D eigenvalue weighted by Crippen LogP contribution is -2.60. The van der Waals surface area contributed by atoms with E-state index in [2.05, 4.69) is 10.6 Å². The fraction of sp³-hybridized carbons (Fsp3) is 0.833. The molecular weight excluding hydrogens is 488 g/mol. The van der Waals surface area contributed by atoms with Gasteiger partial charge in [-0.25, -0.2) is 13.7 Å². The third-order valence-corrected chi connectivity index (χ3v) is 8.58. The highest BCUT2D eigenvalue weighted by Gasteiger charge is 2.61. The Balaban J connectivity index is 1.42. The number of carbonyl (C=O) groups excluding carboxylic acids is 4. The molecule has 0 spiro atoms. The minimum Gasteiger partial charge on any atom is -0.446 e. The number of nitrogens with zero attached hydrogens (tertiary/aromatic N) is 1. The van der Waals surface area contributed by atoms with Crippen molar-refractivity contribution in [1.82, 2.24) is 20.3 Å². The second-order valence-electron chi connectivity index (χ2n) is 11.8. The molecule has 36 heavy (non-hydrogen) atoms. The molecule has 0 aromatic rings. The number of hydrogen-bond acceptors (Lipinski definition) is 6. The van der Waals surface area contributed by atoms with Crippen molar-refractivity contribution in [3.05, 3.63) is 0 Å². The molecule has 4 amide bonds. The summed E-state index contributed by atoms with van der Waals surface area (Å²) < 4.78 is 27.8. The molecule has 1 saturated heterocycles. The fourth-order valence-electron chi connectivity index (χ4n) is 5.96. The summed E-state index contributed by atoms with van der Waals surface area (Å²) in [4.78, 5) is 53.6. The number of ether oxygens (including phenoxy) is 1. The number of carbonyl (C=O) groups is 4. The molecular formula is C24H38N4O7S. The molecule has 0 bridgehead atoms. The Morgan fingerprint density at radius 3 is 2.39 bits per heavy atom. The molecule has 12 heteroatoms. The Morgan fingerprint density at radius 2 is 1.83 bits per heavy atom. The van der Waals surface area contributed by atoms with E-state index in [1.165, 1.54) is 11.3 Å². The largest absolute Gasteiger partial charge is 0.446 e. The lowest BCUT2D eigenvalue weighted by molar-refractivity contribution is -0.142. The van der Waals surface area contributed by atoms with Crippen molar-refractivity contribution in [2.45, 2.75) is 96.4 Å². The zero-order valence-corrected chi connectivity index (χ0v) is 22.2. The Kier molecular flexibility index (Phi) is 7.40. The lowest BCUT2D eigenvalue weighted by atomic mass is 9.85. The molecule has 4 rings (SSSR count). The van der Waals surface area contributed by atoms with Crippen molar-refractivity contribution in [3.8, 4) is 0 Å². The highest BCUT2D eigenvalue weighted by molar-refractivity contribution is 7.77. The van der Waals surface area contributed by atoms with Crippen molar-refractivity contribution >= 4 is 35.1 Å². The molecule has 8 atom stereocenters. The van der Waals surface area contributed by atoms with Crippen LogP contribution in [0, 0.1) is 23.2 Å². The summed E-state index contributed by atoms with van der Waals surface area (Å²) in [7, 11) is 0. The van der Waals surface area contributed by atoms with E-state index in [0.717, 1.165) is 12.8 Å². The monoisotopic (exact) mass is 526 g/mol. The van der Waals surface area contributed by atoms with E-state index in [1.54, 1.807) is 0 Å². The molecule has 1 aliphatic heterocycles. The summed E-state index contributed by atoms with van der Waals surface area (Å²) in [6.07, 6.45) is 4.22. The maximum absolute atomic E-state index is 13.6. The predicted octanol–water partition coefficient (Wildman–Crippen LogP) is 1.45. The molecule has 1 unspecified atom stereocenters. The smallest absolute Gasteiger partial charge is 0.408 e. The Hall–Kier alpha value is -2.21. The van der Waals surface area contributed by atoms with E-state index >= 15 is 0 Å². The van der Waals surface area contributed by atoms with Gasteiger partial charge in [0, 0.05) is 6.54 Å². The summed E-state index contributed by atoms with van der Waals surface area (Å²) >= 11 is -2.54. The van der Waals surface area contributed by atoms with Gasteiger partial charge in [-0.2, -0.15) is 0 Å². The van der Waals surface area contributed by atoms with Gasteiger partial charge >= 0.3 is 6.09 Å². The van der Waals surface area contributed by atoms with Crippen LogP contribution in [0.4, 0.5) is 4.79 Å². The quantitative estimate of drug-likeness (QED) is 0.349. The highest BCUT2D eigenvalue weighted by Crippen LogP contribution is 2.52. The zero-order chi connectivity index (χ0) is 26.4. The van der Waals surface area contributed by atoms with Crippen molar-refractivity contribution in [3.63, 3.8) is 0 Å². The summed E-state index contributed by atoms with van der Waals surface area (Å²) in [5.41, 5.74) is -1.89. The minimum atomic E-state index is -2.54. The van der Waals surface area contributed by atoms with Gasteiger partial charge in [0.25, 0.3) is 17.2 Å². The first kappa shape index (κ1) is 26.8. The molecule has 1 heterocycles. The Bertz CT molecular complexity index is 943. The first-order chi connectivity index (χ1) is 16.9. The third-order valence-electron chi connectivity index (χ3n) is 8.22. The maximum Gasteiger partial charge on any atom is 0.408 e. The average molecular weight is 527 g/mol. The second-order valence-corrected chi connectivity index (χ2v) is 12.5. The van der Waals surface area contributed by atoms with Crippen molar-refractivity contribution < 1.29 is 32.7 Å². The minimum absolute atomic E-state index is 0.115. The van der Waals surface area contributed by atoms with Gasteiger partial charge < -0.3 is 20.3 Å². The van der Waals surface area contributed by atoms with Gasteiger partial charge in [-0.15, -0.1) is 0 Å². The molecule has 0 radical (unpaired) electrons. The van der Waals surface area contributed by atoms with E-state index < -0.39 is 52.2 Å². The Labute approximate surface area is 214 Å². The molecule has 4 aliphatic rings. The maximum atomic E-state index is 13.6. The van der Waals surface area contributed by atoms with Crippen molar-refractivity contribution in [2.75, 3.05) is 6.54 Å². The molecule has 11 nitrogen and oxygen atoms in total. The molecule has 3 saturated carbocycles. The summed E-state index contributed by atoms with van der Waals surface area (Å²) in [6, 6.07) is -1.70. The van der Waals surface area contributed by atoms with Crippen LogP contribution in [0.5, 0.6) is 0 Å². The van der Waals surface area contributed by atoms with E-state index in [9.17, 15) is 23.4 Å². The molecule has 0 aromatic carbocycles. The van der Waals surface area contributed by atoms with Gasteiger partial charge in [0.15, 0.2) is 0 Å². The van der Waals surface area contributed by atoms with E-state index in [0.29, 0.717) is 44.1 Å². The van der Waals surface area contributed by atoms with Gasteiger partial charge in [0.1, 0.15) is 23.7 Å². The van der Waals surface area contributed by atoms with Crippen LogP contribution in [0.3, 0.4) is 0 Å². The molecule has 4 N–H and O–H groups in total. The average Bonchev–Trinajstić information content (AvgIpc) is 3.55. The summed E-state index contributed by atoms with van der Waals surface area (Å²) in [5, 5.41) is 5.53. The zero-order valence-electron chi connectivity index (χ0n) is 21.4. The van der Waals surface area contributed by atoms with E-state index in [1.807, 2.05) is 32.4 Å². The fourth-order valence-corrected chi connectivity index (χ4v) is 6.30. The van der Waals surface area contributed by atoms with Gasteiger partial charge in [-0.05, 0) is 61.7 Å². The molecule has 0 aromatic heterocycles. The van der Waals surface area contributed by atoms with Crippen molar-refractivity contribution in [1.29, 1.82) is 0 Å². The molecule has 4 fully saturated rings. The summed E-state index contributed by atoms with van der Waals surface area (Å²) in [6.45, 7) is 7.76. The lowest BCUT2D eigenvalue weighted by Gasteiger charge is -2.35. The standard InChI is InChI=1S/C24H38N4O7S/c1-5-15-12-24(15,21(31)27-36(33)34)26-19(29)17-7-6-8-28(17)20(30)18(23(2,3)4)25-22(32)35-16-10-13-9-14(13)11-16/h13-18H,5-12H2,1-4H3,(H,25,32)(H,26,29)(H,27,31)(H,33,34)/t13-,14+,15-,16+,17+,18-,24-/m1/s1. The van der Waals surface area contributed by atoms with Crippen LogP contribution in [0.2, 0.25) is 0 Å². The first-order valence-electron chi connectivity index (χ1n) is 12.9. The van der Waals surface area contributed by atoms with Gasteiger partial charge in [0.2, 0.25) is 11.8 Å². The highest BCUT2D eigenvalue weighted by atomic mass is 32.2. The van der Waals surface area contributed by atoms with Crippen LogP contribution in [0.15, 0.2) is 0 Å². The van der Waals surface area contributed by atoms with Gasteiger partial charge in [-0.3, -0.25) is 18.9 Å². The Morgan fingerprint density at radius 1 is 1.17 bits per heavy atom. The predicted molar refractivity (Wildman–Crippen MR) is 130 cm³/mol. The SMILES string of the molecule is CC[C@@H]1C[C@]1(NC(=O)[C@@H]1CCCN1C(=O)[C@@H](NC(=O)O[C@@H]1C[C@@H]2C[C@@H]2C1)C(C)(C)C)C(=O)NS(=O)O. The molecule has 202 valence electrons. The second kappa shape index (κ2) is 9.92. The number of rotatable bonds is 8.